The van der Waals surface area contributed by atoms with Gasteiger partial charge in [0.2, 0.25) is 0 Å². The first-order chi connectivity index (χ1) is 19.8. The SMILES string of the molecule is C=CCOC(Cn1ccnc1)c1ccc(Cl)cc1Cl.OC(c1ccc(Cl)cc1)(c1cncnc1)c1ccccc1Cl. The first kappa shape index (κ1) is 30.7. The molecule has 0 saturated carbocycles. The van der Waals surface area contributed by atoms with Gasteiger partial charge in [0.1, 0.15) is 18.0 Å². The molecule has 2 heterocycles. The lowest BCUT2D eigenvalue weighted by Gasteiger charge is -2.30. The second kappa shape index (κ2) is 14.6. The fraction of sp³-hybridized carbons (Fsp3) is 0.129. The zero-order valence-corrected chi connectivity index (χ0v) is 24.8. The molecule has 3 aromatic carbocycles. The van der Waals surface area contributed by atoms with Gasteiger partial charge in [-0.3, -0.25) is 0 Å². The fourth-order valence-electron chi connectivity index (χ4n) is 4.18. The quantitative estimate of drug-likeness (QED) is 0.167. The van der Waals surface area contributed by atoms with Gasteiger partial charge in [-0.1, -0.05) is 88.9 Å². The van der Waals surface area contributed by atoms with E-state index in [9.17, 15) is 5.11 Å². The van der Waals surface area contributed by atoms with Crippen LogP contribution >= 0.6 is 46.4 Å². The van der Waals surface area contributed by atoms with Crippen LogP contribution in [0, 0.1) is 0 Å². The Kier molecular flexibility index (Phi) is 10.9. The maximum absolute atomic E-state index is 11.5. The van der Waals surface area contributed by atoms with E-state index in [4.69, 9.17) is 51.1 Å². The van der Waals surface area contributed by atoms with Crippen LogP contribution in [0.25, 0.3) is 0 Å². The van der Waals surface area contributed by atoms with Gasteiger partial charge in [-0.25, -0.2) is 15.0 Å². The monoisotopic (exact) mass is 626 g/mol. The summed E-state index contributed by atoms with van der Waals surface area (Å²) in [6, 6.07) is 19.5. The van der Waals surface area contributed by atoms with Crippen molar-refractivity contribution in [2.24, 2.45) is 0 Å². The lowest BCUT2D eigenvalue weighted by molar-refractivity contribution is 0.0608. The third-order valence-electron chi connectivity index (χ3n) is 6.16. The van der Waals surface area contributed by atoms with E-state index >= 15 is 0 Å². The summed E-state index contributed by atoms with van der Waals surface area (Å²) < 4.78 is 7.72. The molecule has 0 amide bonds. The molecule has 0 aliphatic heterocycles. The van der Waals surface area contributed by atoms with Crippen molar-refractivity contribution in [3.63, 3.8) is 0 Å². The molecule has 2 aromatic heterocycles. The summed E-state index contributed by atoms with van der Waals surface area (Å²) in [6.45, 7) is 4.75. The van der Waals surface area contributed by atoms with Gasteiger partial charge in [0.15, 0.2) is 0 Å². The molecule has 0 aliphatic rings. The Labute approximate surface area is 258 Å². The lowest BCUT2D eigenvalue weighted by atomic mass is 9.81. The van der Waals surface area contributed by atoms with E-state index in [1.165, 1.54) is 6.33 Å². The van der Waals surface area contributed by atoms with Gasteiger partial charge in [0.05, 0.1) is 19.5 Å². The molecular formula is C31H26Cl4N4O2. The Bertz CT molecular complexity index is 1550. The van der Waals surface area contributed by atoms with E-state index in [0.29, 0.717) is 49.9 Å². The lowest BCUT2D eigenvalue weighted by Crippen LogP contribution is -2.29. The highest BCUT2D eigenvalue weighted by Gasteiger charge is 2.36. The molecule has 6 nitrogen and oxygen atoms in total. The van der Waals surface area contributed by atoms with Crippen molar-refractivity contribution in [2.75, 3.05) is 6.61 Å². The van der Waals surface area contributed by atoms with Crippen LogP contribution in [0.5, 0.6) is 0 Å². The van der Waals surface area contributed by atoms with Crippen molar-refractivity contribution >= 4 is 46.4 Å². The van der Waals surface area contributed by atoms with E-state index in [1.807, 2.05) is 29.0 Å². The Morgan fingerprint density at radius 3 is 2.22 bits per heavy atom. The number of aliphatic hydroxyl groups is 1. The molecule has 210 valence electrons. The number of halogens is 4. The van der Waals surface area contributed by atoms with Gasteiger partial charge in [0.25, 0.3) is 0 Å². The second-order valence-electron chi connectivity index (χ2n) is 8.86. The summed E-state index contributed by atoms with van der Waals surface area (Å²) in [5.74, 6) is 0. The molecule has 0 bridgehead atoms. The van der Waals surface area contributed by atoms with Crippen LogP contribution in [0.3, 0.4) is 0 Å². The predicted molar refractivity (Wildman–Crippen MR) is 165 cm³/mol. The fourth-order valence-corrected chi connectivity index (χ4v) is 5.11. The molecular weight excluding hydrogens is 602 g/mol. The van der Waals surface area contributed by atoms with Gasteiger partial charge in [-0.05, 0) is 35.9 Å². The van der Waals surface area contributed by atoms with Crippen LogP contribution in [-0.2, 0) is 16.9 Å². The van der Waals surface area contributed by atoms with Gasteiger partial charge in [-0.15, -0.1) is 6.58 Å². The Morgan fingerprint density at radius 2 is 1.59 bits per heavy atom. The molecule has 2 atom stereocenters. The minimum Gasteiger partial charge on any atom is -0.376 e. The van der Waals surface area contributed by atoms with Gasteiger partial charge < -0.3 is 14.4 Å². The third-order valence-corrected chi connectivity index (χ3v) is 7.31. The number of aromatic nitrogens is 4. The number of hydrogen-bond donors (Lipinski definition) is 1. The smallest absolute Gasteiger partial charge is 0.144 e. The standard InChI is InChI=1S/C17H12Cl2N2O.C14H14Cl2N2O/c18-14-7-5-12(6-8-14)17(22,13-9-20-11-21-10-13)15-3-1-2-4-16(15)19;1-2-7-19-14(9-18-6-5-17-10-18)12-4-3-11(15)8-13(12)16/h1-11,22H;2-6,8,10,14H,1,7,9H2. The number of benzene rings is 3. The van der Waals surface area contributed by atoms with E-state index in [0.717, 1.165) is 5.56 Å². The predicted octanol–water partition coefficient (Wildman–Crippen LogP) is 8.20. The van der Waals surface area contributed by atoms with Crippen LogP contribution in [0.4, 0.5) is 0 Å². The topological polar surface area (TPSA) is 73.1 Å². The summed E-state index contributed by atoms with van der Waals surface area (Å²) in [5, 5.41) is 13.8. The van der Waals surface area contributed by atoms with Crippen molar-refractivity contribution in [1.82, 2.24) is 19.5 Å². The molecule has 5 aromatic rings. The summed E-state index contributed by atoms with van der Waals surface area (Å²) >= 11 is 24.4. The van der Waals surface area contributed by atoms with Gasteiger partial charge in [-0.2, -0.15) is 0 Å². The summed E-state index contributed by atoms with van der Waals surface area (Å²) in [6.07, 6.45) is 11.5. The molecule has 0 aliphatic carbocycles. The average molecular weight is 628 g/mol. The van der Waals surface area contributed by atoms with Crippen LogP contribution in [0.15, 0.2) is 117 Å². The van der Waals surface area contributed by atoms with Gasteiger partial charge in [0, 0.05) is 61.6 Å². The largest absolute Gasteiger partial charge is 0.376 e. The minimum absolute atomic E-state index is 0.169. The number of ether oxygens (including phenoxy) is 1. The molecule has 0 saturated heterocycles. The Balaban J connectivity index is 0.000000191. The van der Waals surface area contributed by atoms with E-state index in [-0.39, 0.29) is 6.10 Å². The van der Waals surface area contributed by atoms with Crippen LogP contribution in [-0.4, -0.2) is 31.2 Å². The first-order valence-electron chi connectivity index (χ1n) is 12.4. The maximum atomic E-state index is 11.5. The van der Waals surface area contributed by atoms with E-state index < -0.39 is 5.60 Å². The minimum atomic E-state index is -1.45. The molecule has 5 rings (SSSR count). The van der Waals surface area contributed by atoms with Crippen LogP contribution in [0.1, 0.15) is 28.4 Å². The third kappa shape index (κ3) is 7.74. The normalized spacial score (nSPS) is 13.0. The van der Waals surface area contributed by atoms with E-state index in [2.05, 4.69) is 21.5 Å². The average Bonchev–Trinajstić information content (AvgIpc) is 3.50. The second-order valence-corrected chi connectivity index (χ2v) is 10.5. The zero-order chi connectivity index (χ0) is 29.2. The highest BCUT2D eigenvalue weighted by molar-refractivity contribution is 6.35. The van der Waals surface area contributed by atoms with Crippen molar-refractivity contribution in [2.45, 2.75) is 18.2 Å². The maximum Gasteiger partial charge on any atom is 0.144 e. The summed E-state index contributed by atoms with van der Waals surface area (Å²) in [7, 11) is 0. The highest BCUT2D eigenvalue weighted by Crippen LogP contribution is 2.39. The summed E-state index contributed by atoms with van der Waals surface area (Å²) in [5.41, 5.74) is 1.19. The highest BCUT2D eigenvalue weighted by atomic mass is 35.5. The van der Waals surface area contributed by atoms with Crippen LogP contribution in [0.2, 0.25) is 20.1 Å². The number of imidazole rings is 1. The number of rotatable bonds is 9. The number of nitrogens with zero attached hydrogens (tertiary/aromatic N) is 4. The summed E-state index contributed by atoms with van der Waals surface area (Å²) in [4.78, 5) is 12.0. The van der Waals surface area contributed by atoms with Crippen LogP contribution < -0.4 is 0 Å². The number of hydrogen-bond acceptors (Lipinski definition) is 5. The molecule has 0 radical (unpaired) electrons. The molecule has 2 unspecified atom stereocenters. The molecule has 1 N–H and O–H groups in total. The Hall–Kier alpha value is -3.23. The molecule has 41 heavy (non-hydrogen) atoms. The van der Waals surface area contributed by atoms with Crippen molar-refractivity contribution in [3.05, 3.63) is 159 Å². The van der Waals surface area contributed by atoms with Crippen molar-refractivity contribution < 1.29 is 9.84 Å². The molecule has 0 spiro atoms. The Morgan fingerprint density at radius 1 is 0.878 bits per heavy atom. The van der Waals surface area contributed by atoms with Gasteiger partial charge >= 0.3 is 0 Å². The molecule has 10 heteroatoms. The first-order valence-corrected chi connectivity index (χ1v) is 14.0. The molecule has 0 fully saturated rings. The van der Waals surface area contributed by atoms with E-state index in [1.54, 1.807) is 79.5 Å². The van der Waals surface area contributed by atoms with Crippen molar-refractivity contribution in [3.8, 4) is 0 Å². The zero-order valence-electron chi connectivity index (χ0n) is 21.7. The van der Waals surface area contributed by atoms with Crippen molar-refractivity contribution in [1.29, 1.82) is 0 Å².